The van der Waals surface area contributed by atoms with E-state index < -0.39 is 249 Å². The molecular weight excluding hydrogens is 1070 g/mol. The molecule has 422 valence electrons. The summed E-state index contributed by atoms with van der Waals surface area (Å²) in [6.45, 7) is 10.9. The quantitative estimate of drug-likeness (QED) is 0.0499. The molecule has 0 aliphatic heterocycles. The lowest BCUT2D eigenvalue weighted by Crippen LogP contribution is -2.76. The smallest absolute Gasteiger partial charge is 0.269 e. The number of benzene rings is 11. The van der Waals surface area contributed by atoms with Crippen LogP contribution < -0.4 is 30.1 Å². The molecular formula is C81H68N4OSi. The van der Waals surface area contributed by atoms with E-state index in [1.54, 1.807) is 69.4 Å². The molecule has 0 saturated carbocycles. The number of rotatable bonds is 13. The van der Waals surface area contributed by atoms with Crippen LogP contribution in [0.3, 0.4) is 0 Å². The minimum Gasteiger partial charge on any atom is -0.458 e. The Balaban J connectivity index is 1.28. The molecule has 0 saturated heterocycles. The van der Waals surface area contributed by atoms with E-state index in [1.165, 1.54) is 28.8 Å². The maximum absolute atomic E-state index is 10.4. The van der Waals surface area contributed by atoms with E-state index in [1.807, 2.05) is 53.1 Å². The average molecular weight is 1170 g/mol. The molecule has 0 aliphatic rings. The zero-order chi connectivity index (χ0) is 85.4. The Morgan fingerprint density at radius 3 is 1.52 bits per heavy atom. The Kier molecular flexibility index (Phi) is 7.80. The molecule has 5 nitrogen and oxygen atoms in total. The van der Waals surface area contributed by atoms with Crippen molar-refractivity contribution in [2.24, 2.45) is 0 Å². The van der Waals surface area contributed by atoms with Gasteiger partial charge in [0.1, 0.15) is 17.3 Å². The second-order valence-electron chi connectivity index (χ2n) is 22.7. The molecule has 14 rings (SSSR count). The van der Waals surface area contributed by atoms with Crippen LogP contribution in [-0.2, 0) is 16.2 Å². The largest absolute Gasteiger partial charge is 0.458 e. The predicted molar refractivity (Wildman–Crippen MR) is 362 cm³/mol. The van der Waals surface area contributed by atoms with Gasteiger partial charge in [-0.3, -0.25) is 13.7 Å². The van der Waals surface area contributed by atoms with Crippen molar-refractivity contribution in [2.45, 2.75) is 57.8 Å². The monoisotopic (exact) mass is 1170 g/mol. The number of ether oxygens (including phenoxy) is 1. The Hall–Kier alpha value is -10.1. The van der Waals surface area contributed by atoms with Gasteiger partial charge in [-0.25, -0.2) is 4.98 Å². The molecule has 0 unspecified atom stereocenters. The summed E-state index contributed by atoms with van der Waals surface area (Å²) in [5.74, 6) is 1.10. The van der Waals surface area contributed by atoms with Gasteiger partial charge in [0.2, 0.25) is 0 Å². The molecule has 87 heavy (non-hydrogen) atoms. The summed E-state index contributed by atoms with van der Waals surface area (Å²) in [7, 11) is -6.79. The van der Waals surface area contributed by atoms with Crippen molar-refractivity contribution in [1.29, 1.82) is 0 Å². The lowest BCUT2D eigenvalue weighted by Gasteiger charge is -2.43. The van der Waals surface area contributed by atoms with Crippen molar-refractivity contribution in [3.63, 3.8) is 0 Å². The summed E-state index contributed by atoms with van der Waals surface area (Å²) < 4.78 is 307. The van der Waals surface area contributed by atoms with Crippen molar-refractivity contribution in [1.82, 2.24) is 14.1 Å². The zero-order valence-electron chi connectivity index (χ0n) is 77.7. The maximum Gasteiger partial charge on any atom is 0.269 e. The van der Waals surface area contributed by atoms with Crippen LogP contribution in [0, 0.1) is 6.33 Å². The summed E-state index contributed by atoms with van der Waals surface area (Å²) >= 11 is 0. The molecule has 3 heterocycles. The third-order valence-electron chi connectivity index (χ3n) is 15.6. The highest BCUT2D eigenvalue weighted by Gasteiger charge is 2.48. The standard InChI is InChI=1S/C81H68N4OSi/c1-79(2,3)61-50-51-82-77(54-61)85-72-45-26-25-44-69(72)70-49-48-65(56-75(70)85)86-64-37-29-36-63(55-64)83-57-84(74-47-28-27-46-73(74)83)78-71(81(58-30-13-7-14-31-58,59-32-15-8-16-33-59)60-34-17-9-18-35-60)52-62(80(4,5)6)53-76(78)87(66-38-19-10-20-39-66,67-40-21-11-22-41-67)68-42-23-12-24-43-68/h7-56H,1-6H3/i7D,8D,9D,10D,11D,12D,13D,14D,15D,16D,17D,18D,19D,20D,21D,22D,23D,24D,30D,31D,32D,33D,34D,35D,38D,39D,40D,41D,42D,43D. The van der Waals surface area contributed by atoms with Gasteiger partial charge in [0, 0.05) is 23.0 Å². The fourth-order valence-corrected chi connectivity index (χ4v) is 15.6. The molecule has 3 aromatic heterocycles. The SMILES string of the molecule is [2H]c1c([2H])c([2H])c(C(c2cc(C(C)(C)C)cc([Si](c3c([2H])c([2H])c([2H])c([2H])c3[2H])(c3c([2H])c([2H])c([2H])c([2H])c3[2H])c3c([2H])c([2H])c([2H])c([2H])c3[2H])c2-[n+]2[c-]n(-c3cccc(Oc4ccc5c6ccccc6n(-c6cc(C(C)(C)C)ccn6)c5c4)c3)c3ccccc32)(c2c([2H])c([2H])c([2H])c([2H])c2[2H])c2c([2H])c([2H])c([2H])c([2H])c2[2H])c([2H])c1[2H]. The second kappa shape index (κ2) is 22.0. The van der Waals surface area contributed by atoms with Gasteiger partial charge in [-0.05, 0) is 113 Å². The number of hydrogen-bond acceptors (Lipinski definition) is 2. The Labute approximate surface area is 553 Å². The number of fused-ring (bicyclic) bond motifs is 4. The first kappa shape index (κ1) is 30.8. The van der Waals surface area contributed by atoms with Crippen molar-refractivity contribution in [2.75, 3.05) is 0 Å². The Morgan fingerprint density at radius 2 is 0.954 bits per heavy atom. The first-order chi connectivity index (χ1) is 54.8. The van der Waals surface area contributed by atoms with Crippen LogP contribution in [0.1, 0.15) is 116 Å². The minimum absolute atomic E-state index is 0.0714. The van der Waals surface area contributed by atoms with Crippen LogP contribution in [0.2, 0.25) is 0 Å². The molecule has 6 heteroatoms. The fraction of sp³-hybridized carbons (Fsp3) is 0.111. The van der Waals surface area contributed by atoms with E-state index in [9.17, 15) is 32.9 Å². The van der Waals surface area contributed by atoms with Crippen LogP contribution in [0.5, 0.6) is 11.5 Å². The summed E-state index contributed by atoms with van der Waals surface area (Å²) in [4.78, 5) is 4.84. The van der Waals surface area contributed by atoms with E-state index in [4.69, 9.17) is 17.9 Å². The first-order valence-corrected chi connectivity index (χ1v) is 29.7. The molecule has 11 aromatic carbocycles. The van der Waals surface area contributed by atoms with Gasteiger partial charge in [-0.15, -0.1) is 0 Å². The number of imidazole rings is 1. The predicted octanol–water partition coefficient (Wildman–Crippen LogP) is 16.3. The van der Waals surface area contributed by atoms with Gasteiger partial charge in [0.25, 0.3) is 6.33 Å². The van der Waals surface area contributed by atoms with Gasteiger partial charge in [-0.2, -0.15) is 0 Å². The van der Waals surface area contributed by atoms with Crippen LogP contribution >= 0.6 is 0 Å². The van der Waals surface area contributed by atoms with Crippen molar-refractivity contribution in [3.05, 3.63) is 342 Å². The highest BCUT2D eigenvalue weighted by atomic mass is 28.3. The molecule has 14 aromatic rings. The molecule has 0 fully saturated rings. The lowest BCUT2D eigenvalue weighted by molar-refractivity contribution is -0.572. The van der Waals surface area contributed by atoms with E-state index in [0.717, 1.165) is 26.4 Å². The first-order valence-electron chi connectivity index (χ1n) is 42.7. The molecule has 0 atom stereocenters. The number of pyridine rings is 1. The minimum atomic E-state index is -6.79. The van der Waals surface area contributed by atoms with Crippen LogP contribution in [0.15, 0.2) is 303 Å². The Morgan fingerprint density at radius 1 is 0.448 bits per heavy atom. The summed E-state index contributed by atoms with van der Waals surface area (Å²) in [5.41, 5.74) is -8.60. The molecule has 0 N–H and O–H groups in total. The summed E-state index contributed by atoms with van der Waals surface area (Å²) in [6, 6.07) is -4.65. The Bertz CT molecular complexity index is 5940. The molecule has 0 amide bonds. The maximum atomic E-state index is 10.4. The van der Waals surface area contributed by atoms with Gasteiger partial charge in [0.15, 0.2) is 8.07 Å². The van der Waals surface area contributed by atoms with Crippen molar-refractivity contribution >= 4 is 61.7 Å². The zero-order valence-corrected chi connectivity index (χ0v) is 48.7. The fourth-order valence-electron chi connectivity index (χ4n) is 11.6. The van der Waals surface area contributed by atoms with E-state index in [0.29, 0.717) is 17.1 Å². The van der Waals surface area contributed by atoms with E-state index in [-0.39, 0.29) is 33.4 Å². The molecule has 0 bridgehead atoms. The molecule has 0 spiro atoms. The van der Waals surface area contributed by atoms with Crippen molar-refractivity contribution in [3.8, 4) is 28.7 Å². The highest BCUT2D eigenvalue weighted by molar-refractivity contribution is 7.20. The van der Waals surface area contributed by atoms with Crippen LogP contribution in [-0.4, -0.2) is 22.2 Å². The normalized spacial score (nSPS) is 17.1. The number of aromatic nitrogens is 4. The van der Waals surface area contributed by atoms with E-state index in [2.05, 4.69) is 27.1 Å². The summed E-state index contributed by atoms with van der Waals surface area (Å²) in [6.07, 6.45) is 5.10. The average Bonchev–Trinajstić information content (AvgIpc) is 1.12. The van der Waals surface area contributed by atoms with Crippen molar-refractivity contribution < 1.29 is 50.4 Å². The van der Waals surface area contributed by atoms with E-state index >= 15 is 0 Å². The molecule has 0 radical (unpaired) electrons. The van der Waals surface area contributed by atoms with Gasteiger partial charge >= 0.3 is 0 Å². The third kappa shape index (κ3) is 9.49. The van der Waals surface area contributed by atoms with Gasteiger partial charge < -0.3 is 4.74 Å². The highest BCUT2D eigenvalue weighted by Crippen LogP contribution is 2.48. The number of para-hydroxylation sites is 3. The van der Waals surface area contributed by atoms with Crippen LogP contribution in [0.25, 0.3) is 50.0 Å². The van der Waals surface area contributed by atoms with Crippen LogP contribution in [0.4, 0.5) is 0 Å². The van der Waals surface area contributed by atoms with Gasteiger partial charge in [0.05, 0.1) is 80.0 Å². The second-order valence-corrected chi connectivity index (χ2v) is 26.3. The summed E-state index contributed by atoms with van der Waals surface area (Å²) in [5, 5.41) is -2.31. The third-order valence-corrected chi connectivity index (χ3v) is 19.8. The lowest BCUT2D eigenvalue weighted by atomic mass is 9.64. The molecule has 0 aliphatic carbocycles. The topological polar surface area (TPSA) is 35.9 Å². The number of nitrogens with zero attached hydrogens (tertiary/aromatic N) is 4. The van der Waals surface area contributed by atoms with Gasteiger partial charge in [-0.1, -0.05) is 283 Å². The number of hydrogen-bond donors (Lipinski definition) is 0.